The van der Waals surface area contributed by atoms with E-state index in [2.05, 4.69) is 16.7 Å². The molecule has 3 aromatic heterocycles. The van der Waals surface area contributed by atoms with Crippen molar-refractivity contribution in [1.29, 1.82) is 0 Å². The highest BCUT2D eigenvalue weighted by Gasteiger charge is 2.20. The van der Waals surface area contributed by atoms with Gasteiger partial charge in [-0.3, -0.25) is 18.5 Å². The minimum absolute atomic E-state index is 0.336. The van der Waals surface area contributed by atoms with Gasteiger partial charge in [-0.2, -0.15) is 10.1 Å². The topological polar surface area (TPSA) is 79.6 Å². The summed E-state index contributed by atoms with van der Waals surface area (Å²) in [5, 5.41) is 4.43. The normalized spacial score (nSPS) is 11.3. The molecule has 3 rings (SSSR count). The number of imidazole rings is 1. The number of aryl methyl sites for hydroxylation is 3. The summed E-state index contributed by atoms with van der Waals surface area (Å²) in [4.78, 5) is 29.2. The Kier molecular flexibility index (Phi) is 3.32. The van der Waals surface area contributed by atoms with Crippen LogP contribution in [0.1, 0.15) is 11.4 Å². The molecule has 0 atom stereocenters. The molecule has 3 heterocycles. The molecule has 23 heavy (non-hydrogen) atoms. The fraction of sp³-hybridized carbons (Fsp3) is 0.333. The van der Waals surface area contributed by atoms with E-state index in [1.807, 2.05) is 19.9 Å². The van der Waals surface area contributed by atoms with Crippen LogP contribution in [0.25, 0.3) is 17.1 Å². The Labute approximate surface area is 131 Å². The summed E-state index contributed by atoms with van der Waals surface area (Å²) in [6, 6.07) is 1.93. The summed E-state index contributed by atoms with van der Waals surface area (Å²) in [6.07, 6.45) is 1.68. The van der Waals surface area contributed by atoms with E-state index in [4.69, 9.17) is 0 Å². The maximum absolute atomic E-state index is 12.6. The van der Waals surface area contributed by atoms with Crippen LogP contribution >= 0.6 is 0 Å². The molecule has 0 aromatic carbocycles. The van der Waals surface area contributed by atoms with Gasteiger partial charge in [0.25, 0.3) is 5.56 Å². The molecule has 0 aliphatic heterocycles. The minimum Gasteiger partial charge on any atom is -0.299 e. The summed E-state index contributed by atoms with van der Waals surface area (Å²) in [5.74, 6) is 0.490. The zero-order valence-electron chi connectivity index (χ0n) is 13.6. The van der Waals surface area contributed by atoms with E-state index < -0.39 is 5.69 Å². The number of allylic oxidation sites excluding steroid dienone is 1. The lowest BCUT2D eigenvalue weighted by molar-refractivity contribution is 0.696. The van der Waals surface area contributed by atoms with E-state index in [9.17, 15) is 9.59 Å². The number of fused-ring (bicyclic) bond motifs is 1. The van der Waals surface area contributed by atoms with Crippen LogP contribution in [0, 0.1) is 13.8 Å². The predicted octanol–water partition coefficient (Wildman–Crippen LogP) is 0.422. The highest BCUT2D eigenvalue weighted by molar-refractivity contribution is 5.72. The Morgan fingerprint density at radius 2 is 1.91 bits per heavy atom. The first-order chi connectivity index (χ1) is 10.9. The van der Waals surface area contributed by atoms with Gasteiger partial charge in [0.1, 0.15) is 0 Å². The molecular weight excluding hydrogens is 296 g/mol. The van der Waals surface area contributed by atoms with E-state index in [1.54, 1.807) is 22.4 Å². The third-order valence-electron chi connectivity index (χ3n) is 3.84. The zero-order chi connectivity index (χ0) is 16.9. The molecule has 3 aromatic rings. The average Bonchev–Trinajstić information content (AvgIpc) is 3.03. The molecule has 8 heteroatoms. The van der Waals surface area contributed by atoms with E-state index in [-0.39, 0.29) is 5.56 Å². The second-order valence-electron chi connectivity index (χ2n) is 5.53. The fourth-order valence-corrected chi connectivity index (χ4v) is 2.73. The third kappa shape index (κ3) is 2.06. The van der Waals surface area contributed by atoms with Crippen LogP contribution in [0.4, 0.5) is 0 Å². The predicted molar refractivity (Wildman–Crippen MR) is 87.0 cm³/mol. The van der Waals surface area contributed by atoms with Crippen molar-refractivity contribution in [2.75, 3.05) is 0 Å². The van der Waals surface area contributed by atoms with Crippen LogP contribution in [0.3, 0.4) is 0 Å². The van der Waals surface area contributed by atoms with Crippen molar-refractivity contribution in [2.45, 2.75) is 20.4 Å². The van der Waals surface area contributed by atoms with Gasteiger partial charge < -0.3 is 0 Å². The molecule has 0 N–H and O–H groups in total. The second kappa shape index (κ2) is 5.08. The van der Waals surface area contributed by atoms with E-state index in [0.29, 0.717) is 23.7 Å². The van der Waals surface area contributed by atoms with Gasteiger partial charge >= 0.3 is 5.69 Å². The van der Waals surface area contributed by atoms with Crippen molar-refractivity contribution in [3.05, 3.63) is 50.9 Å². The number of hydrogen-bond donors (Lipinski definition) is 0. The quantitative estimate of drug-likeness (QED) is 0.656. The first-order valence-electron chi connectivity index (χ1n) is 7.17. The molecule has 0 amide bonds. The Morgan fingerprint density at radius 3 is 2.48 bits per heavy atom. The molecule has 8 nitrogen and oxygen atoms in total. The number of hydrogen-bond acceptors (Lipinski definition) is 4. The molecule has 0 aliphatic rings. The summed E-state index contributed by atoms with van der Waals surface area (Å²) in [5.41, 5.74) is 1.64. The molecule has 0 aliphatic carbocycles. The number of nitrogens with zero attached hydrogens (tertiary/aromatic N) is 6. The smallest absolute Gasteiger partial charge is 0.299 e. The summed E-state index contributed by atoms with van der Waals surface area (Å²) >= 11 is 0. The van der Waals surface area contributed by atoms with Crippen LogP contribution in [-0.2, 0) is 20.6 Å². The standard InChI is InChI=1S/C15H18N6O2/c1-6-7-20-11-12(18(4)15(23)19(5)13(11)22)16-14(20)21-10(3)8-9(2)17-21/h6,8H,1,7H2,2-5H3. The van der Waals surface area contributed by atoms with Crippen LogP contribution < -0.4 is 11.2 Å². The molecule has 0 radical (unpaired) electrons. The van der Waals surface area contributed by atoms with Gasteiger partial charge in [-0.1, -0.05) is 6.08 Å². The molecule has 0 spiro atoms. The fourth-order valence-electron chi connectivity index (χ4n) is 2.73. The highest BCUT2D eigenvalue weighted by Crippen LogP contribution is 2.17. The SMILES string of the molecule is C=CCn1c(-n2nc(C)cc2C)nc2c1c(=O)n(C)c(=O)n2C. The third-order valence-corrected chi connectivity index (χ3v) is 3.84. The maximum Gasteiger partial charge on any atom is 0.332 e. The van der Waals surface area contributed by atoms with Gasteiger partial charge in [0.05, 0.1) is 5.69 Å². The number of rotatable bonds is 3. The van der Waals surface area contributed by atoms with Crippen molar-refractivity contribution < 1.29 is 0 Å². The van der Waals surface area contributed by atoms with Gasteiger partial charge in [-0.05, 0) is 19.9 Å². The van der Waals surface area contributed by atoms with Crippen LogP contribution in [-0.4, -0.2) is 28.5 Å². The van der Waals surface area contributed by atoms with Crippen LogP contribution in [0.2, 0.25) is 0 Å². The lowest BCUT2D eigenvalue weighted by atomic mass is 10.4. The van der Waals surface area contributed by atoms with Gasteiger partial charge in [0.2, 0.25) is 5.95 Å². The van der Waals surface area contributed by atoms with Crippen molar-refractivity contribution in [3.63, 3.8) is 0 Å². The van der Waals surface area contributed by atoms with Crippen molar-refractivity contribution in [1.82, 2.24) is 28.5 Å². The largest absolute Gasteiger partial charge is 0.332 e. The molecule has 0 unspecified atom stereocenters. The van der Waals surface area contributed by atoms with Crippen LogP contribution in [0.15, 0.2) is 28.3 Å². The highest BCUT2D eigenvalue weighted by atomic mass is 16.2. The molecule has 0 fully saturated rings. The number of aromatic nitrogens is 6. The first-order valence-corrected chi connectivity index (χ1v) is 7.17. The van der Waals surface area contributed by atoms with Gasteiger partial charge in [0, 0.05) is 26.3 Å². The van der Waals surface area contributed by atoms with Gasteiger partial charge in [-0.25, -0.2) is 9.48 Å². The Balaban J connectivity index is 2.51. The van der Waals surface area contributed by atoms with Crippen molar-refractivity contribution >= 4 is 11.2 Å². The molecule has 0 bridgehead atoms. The van der Waals surface area contributed by atoms with E-state index >= 15 is 0 Å². The molecule has 0 saturated carbocycles. The summed E-state index contributed by atoms with van der Waals surface area (Å²) in [7, 11) is 3.05. The summed E-state index contributed by atoms with van der Waals surface area (Å²) in [6.45, 7) is 7.93. The maximum atomic E-state index is 12.6. The van der Waals surface area contributed by atoms with Crippen molar-refractivity contribution in [3.8, 4) is 5.95 Å². The monoisotopic (exact) mass is 314 g/mol. The van der Waals surface area contributed by atoms with Crippen LogP contribution in [0.5, 0.6) is 0 Å². The lowest BCUT2D eigenvalue weighted by Gasteiger charge is -2.07. The summed E-state index contributed by atoms with van der Waals surface area (Å²) < 4.78 is 5.84. The average molecular weight is 314 g/mol. The van der Waals surface area contributed by atoms with E-state index in [0.717, 1.165) is 16.0 Å². The van der Waals surface area contributed by atoms with Gasteiger partial charge in [-0.15, -0.1) is 6.58 Å². The lowest BCUT2D eigenvalue weighted by Crippen LogP contribution is -2.37. The molecule has 0 saturated heterocycles. The Hall–Kier alpha value is -2.90. The first kappa shape index (κ1) is 15.0. The van der Waals surface area contributed by atoms with E-state index in [1.165, 1.54) is 11.6 Å². The van der Waals surface area contributed by atoms with Crippen molar-refractivity contribution in [2.24, 2.45) is 14.1 Å². The molecular formula is C15H18N6O2. The Bertz CT molecular complexity index is 1050. The molecule has 120 valence electrons. The van der Waals surface area contributed by atoms with Gasteiger partial charge in [0.15, 0.2) is 11.2 Å². The Morgan fingerprint density at radius 1 is 1.22 bits per heavy atom. The minimum atomic E-state index is -0.411. The zero-order valence-corrected chi connectivity index (χ0v) is 13.6. The second-order valence-corrected chi connectivity index (χ2v) is 5.53.